The molecule has 1 rings (SSSR count). The third-order valence-corrected chi connectivity index (χ3v) is 2.85. The van der Waals surface area contributed by atoms with Crippen molar-refractivity contribution in [3.8, 4) is 5.75 Å². The Morgan fingerprint density at radius 3 is 2.59 bits per heavy atom. The van der Waals surface area contributed by atoms with E-state index in [0.29, 0.717) is 17.0 Å². The van der Waals surface area contributed by atoms with E-state index in [0.717, 1.165) is 12.8 Å². The second-order valence-electron chi connectivity index (χ2n) is 3.91. The zero-order chi connectivity index (χ0) is 12.8. The van der Waals surface area contributed by atoms with Crippen molar-refractivity contribution in [3.05, 3.63) is 23.8 Å². The number of amides is 1. The maximum absolute atomic E-state index is 12.0. The lowest BCUT2D eigenvalue weighted by Gasteiger charge is -2.16. The van der Waals surface area contributed by atoms with Gasteiger partial charge in [0.1, 0.15) is 5.75 Å². The summed E-state index contributed by atoms with van der Waals surface area (Å²) in [4.78, 5) is 12.0. The molecule has 0 unspecified atom stereocenters. The van der Waals surface area contributed by atoms with E-state index >= 15 is 0 Å². The highest BCUT2D eigenvalue weighted by atomic mass is 16.5. The van der Waals surface area contributed by atoms with Gasteiger partial charge in [-0.05, 0) is 25.0 Å². The smallest absolute Gasteiger partial charge is 0.253 e. The summed E-state index contributed by atoms with van der Waals surface area (Å²) in [5.41, 5.74) is 6.72. The van der Waals surface area contributed by atoms with Crippen LogP contribution in [0.15, 0.2) is 18.2 Å². The van der Waals surface area contributed by atoms with E-state index in [1.807, 2.05) is 13.8 Å². The first-order chi connectivity index (χ1) is 8.13. The van der Waals surface area contributed by atoms with Crippen LogP contribution in [0.3, 0.4) is 0 Å². The van der Waals surface area contributed by atoms with Crippen molar-refractivity contribution in [1.82, 2.24) is 5.32 Å². The van der Waals surface area contributed by atoms with Crippen molar-refractivity contribution in [2.45, 2.75) is 32.7 Å². The van der Waals surface area contributed by atoms with Gasteiger partial charge in [-0.25, -0.2) is 0 Å². The number of hydrogen-bond donors (Lipinski definition) is 2. The molecule has 0 saturated heterocycles. The van der Waals surface area contributed by atoms with Gasteiger partial charge in [-0.2, -0.15) is 0 Å². The van der Waals surface area contributed by atoms with Crippen molar-refractivity contribution < 1.29 is 9.53 Å². The lowest BCUT2D eigenvalue weighted by atomic mass is 10.1. The van der Waals surface area contributed by atoms with Crippen molar-refractivity contribution in [2.75, 3.05) is 12.8 Å². The molecule has 0 spiro atoms. The Labute approximate surface area is 102 Å². The Balaban J connectivity index is 2.89. The van der Waals surface area contributed by atoms with Gasteiger partial charge in [0, 0.05) is 6.04 Å². The van der Waals surface area contributed by atoms with E-state index in [4.69, 9.17) is 10.5 Å². The van der Waals surface area contributed by atoms with Gasteiger partial charge in [0.15, 0.2) is 0 Å². The average Bonchev–Trinajstić information content (AvgIpc) is 2.35. The standard InChI is InChI=1S/C13H20N2O2/c1-4-9(5-2)15-13(16)10-7-6-8-11(17-3)12(10)14/h6-9H,4-5,14H2,1-3H3,(H,15,16). The Hall–Kier alpha value is -1.71. The zero-order valence-electron chi connectivity index (χ0n) is 10.6. The summed E-state index contributed by atoms with van der Waals surface area (Å²) >= 11 is 0. The number of nitrogens with two attached hydrogens (primary N) is 1. The number of nitrogen functional groups attached to an aromatic ring is 1. The van der Waals surface area contributed by atoms with Gasteiger partial charge in [0.05, 0.1) is 18.4 Å². The molecule has 1 amide bonds. The number of ether oxygens (including phenoxy) is 1. The van der Waals surface area contributed by atoms with Gasteiger partial charge < -0.3 is 15.8 Å². The van der Waals surface area contributed by atoms with Gasteiger partial charge in [-0.15, -0.1) is 0 Å². The molecule has 17 heavy (non-hydrogen) atoms. The maximum Gasteiger partial charge on any atom is 0.253 e. The fraction of sp³-hybridized carbons (Fsp3) is 0.462. The summed E-state index contributed by atoms with van der Waals surface area (Å²) in [5.74, 6) is 0.386. The fourth-order valence-corrected chi connectivity index (χ4v) is 1.68. The minimum absolute atomic E-state index is 0.143. The highest BCUT2D eigenvalue weighted by Gasteiger charge is 2.15. The lowest BCUT2D eigenvalue weighted by molar-refractivity contribution is 0.0935. The largest absolute Gasteiger partial charge is 0.495 e. The Morgan fingerprint density at radius 1 is 1.41 bits per heavy atom. The van der Waals surface area contributed by atoms with Crippen molar-refractivity contribution in [3.63, 3.8) is 0 Å². The molecule has 0 saturated carbocycles. The van der Waals surface area contributed by atoms with Gasteiger partial charge in [0.2, 0.25) is 0 Å². The predicted octanol–water partition coefficient (Wildman–Crippen LogP) is 2.20. The van der Waals surface area contributed by atoms with E-state index in [9.17, 15) is 4.79 Å². The lowest BCUT2D eigenvalue weighted by Crippen LogP contribution is -2.34. The first-order valence-corrected chi connectivity index (χ1v) is 5.87. The van der Waals surface area contributed by atoms with Crippen LogP contribution in [0.25, 0.3) is 0 Å². The molecule has 0 aliphatic heterocycles. The van der Waals surface area contributed by atoms with Gasteiger partial charge in [-0.1, -0.05) is 19.9 Å². The third-order valence-electron chi connectivity index (χ3n) is 2.85. The van der Waals surface area contributed by atoms with E-state index < -0.39 is 0 Å². The first-order valence-electron chi connectivity index (χ1n) is 5.87. The molecule has 0 fully saturated rings. The molecule has 0 atom stereocenters. The first kappa shape index (κ1) is 13.4. The van der Waals surface area contributed by atoms with Crippen LogP contribution >= 0.6 is 0 Å². The highest BCUT2D eigenvalue weighted by molar-refractivity contribution is 6.00. The second-order valence-corrected chi connectivity index (χ2v) is 3.91. The van der Waals surface area contributed by atoms with Crippen LogP contribution in [-0.2, 0) is 0 Å². The number of hydrogen-bond acceptors (Lipinski definition) is 3. The Morgan fingerprint density at radius 2 is 2.06 bits per heavy atom. The molecule has 0 bridgehead atoms. The molecule has 0 heterocycles. The average molecular weight is 236 g/mol. The molecule has 94 valence electrons. The van der Waals surface area contributed by atoms with Crippen LogP contribution in [0.5, 0.6) is 5.75 Å². The number of carbonyl (C=O) groups is 1. The molecule has 0 radical (unpaired) electrons. The van der Waals surface area contributed by atoms with E-state index in [2.05, 4.69) is 5.32 Å². The molecule has 4 nitrogen and oxygen atoms in total. The fourth-order valence-electron chi connectivity index (χ4n) is 1.68. The number of benzene rings is 1. The summed E-state index contributed by atoms with van der Waals surface area (Å²) in [6.45, 7) is 4.09. The highest BCUT2D eigenvalue weighted by Crippen LogP contribution is 2.24. The minimum atomic E-state index is -0.143. The molecule has 3 N–H and O–H groups in total. The molecule has 0 aromatic heterocycles. The molecular formula is C13H20N2O2. The summed E-state index contributed by atoms with van der Waals surface area (Å²) in [5, 5.41) is 2.95. The Kier molecular flexibility index (Phi) is 4.82. The second kappa shape index (κ2) is 6.13. The van der Waals surface area contributed by atoms with Gasteiger partial charge >= 0.3 is 0 Å². The normalized spacial score (nSPS) is 10.4. The summed E-state index contributed by atoms with van der Waals surface area (Å²) in [6.07, 6.45) is 1.82. The number of methoxy groups -OCH3 is 1. The van der Waals surface area contributed by atoms with Crippen LogP contribution < -0.4 is 15.8 Å². The van der Waals surface area contributed by atoms with Gasteiger partial charge in [0.25, 0.3) is 5.91 Å². The van der Waals surface area contributed by atoms with Crippen molar-refractivity contribution in [1.29, 1.82) is 0 Å². The van der Waals surface area contributed by atoms with E-state index in [-0.39, 0.29) is 11.9 Å². The number of para-hydroxylation sites is 1. The van der Waals surface area contributed by atoms with Crippen LogP contribution in [0.4, 0.5) is 5.69 Å². The predicted molar refractivity (Wildman–Crippen MR) is 69.2 cm³/mol. The number of anilines is 1. The van der Waals surface area contributed by atoms with E-state index in [1.54, 1.807) is 18.2 Å². The van der Waals surface area contributed by atoms with Gasteiger partial charge in [-0.3, -0.25) is 4.79 Å². The van der Waals surface area contributed by atoms with E-state index in [1.165, 1.54) is 7.11 Å². The zero-order valence-corrected chi connectivity index (χ0v) is 10.6. The number of nitrogens with one attached hydrogen (secondary N) is 1. The molecule has 4 heteroatoms. The third kappa shape index (κ3) is 3.12. The topological polar surface area (TPSA) is 64.3 Å². The molecule has 1 aromatic rings. The molecule has 1 aromatic carbocycles. The molecule has 0 aliphatic rings. The number of rotatable bonds is 5. The SMILES string of the molecule is CCC(CC)NC(=O)c1cccc(OC)c1N. The quantitative estimate of drug-likeness (QED) is 0.770. The maximum atomic E-state index is 12.0. The van der Waals surface area contributed by atoms with Crippen LogP contribution in [0, 0.1) is 0 Å². The van der Waals surface area contributed by atoms with Crippen LogP contribution in [0.2, 0.25) is 0 Å². The van der Waals surface area contributed by atoms with Crippen molar-refractivity contribution >= 4 is 11.6 Å². The minimum Gasteiger partial charge on any atom is -0.495 e. The number of carbonyl (C=O) groups excluding carboxylic acids is 1. The van der Waals surface area contributed by atoms with Crippen LogP contribution in [0.1, 0.15) is 37.0 Å². The molecular weight excluding hydrogens is 216 g/mol. The Bertz CT molecular complexity index is 387. The molecule has 0 aliphatic carbocycles. The monoisotopic (exact) mass is 236 g/mol. The summed E-state index contributed by atoms with van der Waals surface area (Å²) in [7, 11) is 1.54. The van der Waals surface area contributed by atoms with Crippen molar-refractivity contribution in [2.24, 2.45) is 0 Å². The van der Waals surface area contributed by atoms with Crippen LogP contribution in [-0.4, -0.2) is 19.1 Å². The summed E-state index contributed by atoms with van der Waals surface area (Å²) in [6, 6.07) is 5.39. The summed E-state index contributed by atoms with van der Waals surface area (Å²) < 4.78 is 5.09.